The van der Waals surface area contributed by atoms with Crippen LogP contribution in [-0.2, 0) is 29.1 Å². The number of benzene rings is 1. The Balaban J connectivity index is 1.52. The summed E-state index contributed by atoms with van der Waals surface area (Å²) in [5, 5.41) is 2.74. The number of carbonyl (C=O) groups excluding carboxylic acids is 2. The summed E-state index contributed by atoms with van der Waals surface area (Å²) < 4.78 is 0. The minimum Gasteiger partial charge on any atom is -0.348 e. The Morgan fingerprint density at radius 3 is 2.75 bits per heavy atom. The van der Waals surface area contributed by atoms with Crippen molar-refractivity contribution >= 4 is 11.8 Å². The van der Waals surface area contributed by atoms with E-state index in [0.29, 0.717) is 25.3 Å². The monoisotopic (exact) mass is 376 g/mol. The molecule has 2 amide bonds. The highest BCUT2D eigenvalue weighted by atomic mass is 16.2. The lowest BCUT2D eigenvalue weighted by Crippen LogP contribution is -2.47. The van der Waals surface area contributed by atoms with E-state index in [1.165, 1.54) is 6.92 Å². The number of nitrogens with one attached hydrogen (secondary N) is 2. The Kier molecular flexibility index (Phi) is 4.84. The first-order valence-corrected chi connectivity index (χ1v) is 9.03. The molecule has 1 aromatic carbocycles. The van der Waals surface area contributed by atoms with Crippen molar-refractivity contribution in [3.8, 4) is 11.4 Å². The van der Waals surface area contributed by atoms with Crippen LogP contribution in [-0.4, -0.2) is 42.7 Å². The van der Waals surface area contributed by atoms with E-state index in [-0.39, 0.29) is 11.8 Å². The van der Waals surface area contributed by atoms with E-state index in [0.717, 1.165) is 22.5 Å². The van der Waals surface area contributed by atoms with Crippen LogP contribution in [0.1, 0.15) is 23.9 Å². The van der Waals surface area contributed by atoms with E-state index in [1.54, 1.807) is 23.6 Å². The van der Waals surface area contributed by atoms with Gasteiger partial charge in [-0.05, 0) is 0 Å². The third-order valence-electron chi connectivity index (χ3n) is 4.65. The van der Waals surface area contributed by atoms with Gasteiger partial charge < -0.3 is 15.2 Å². The number of aromatic nitrogens is 4. The largest absolute Gasteiger partial charge is 0.348 e. The lowest BCUT2D eigenvalue weighted by Gasteiger charge is -2.23. The number of imidazole rings is 1. The first-order valence-electron chi connectivity index (χ1n) is 9.03. The van der Waals surface area contributed by atoms with Gasteiger partial charge >= 0.3 is 0 Å². The van der Waals surface area contributed by atoms with Crippen LogP contribution in [0.4, 0.5) is 0 Å². The third-order valence-corrected chi connectivity index (χ3v) is 4.65. The molecule has 3 heterocycles. The van der Waals surface area contributed by atoms with Crippen LogP contribution in [0.25, 0.3) is 11.4 Å². The maximum Gasteiger partial charge on any atom is 0.246 e. The molecule has 0 spiro atoms. The van der Waals surface area contributed by atoms with Gasteiger partial charge in [-0.2, -0.15) is 0 Å². The fourth-order valence-electron chi connectivity index (χ4n) is 3.32. The van der Waals surface area contributed by atoms with Crippen molar-refractivity contribution in [2.24, 2.45) is 0 Å². The number of H-pyrrole nitrogens is 1. The first-order chi connectivity index (χ1) is 13.6. The van der Waals surface area contributed by atoms with Crippen LogP contribution in [0.2, 0.25) is 0 Å². The smallest absolute Gasteiger partial charge is 0.246 e. The van der Waals surface area contributed by atoms with Crippen molar-refractivity contribution in [1.82, 2.24) is 30.2 Å². The zero-order valence-electron chi connectivity index (χ0n) is 15.4. The minimum absolute atomic E-state index is 0.149. The summed E-state index contributed by atoms with van der Waals surface area (Å²) in [6.45, 7) is 2.24. The maximum absolute atomic E-state index is 13.1. The average molecular weight is 376 g/mol. The third kappa shape index (κ3) is 3.75. The van der Waals surface area contributed by atoms with Crippen molar-refractivity contribution in [2.75, 3.05) is 0 Å². The van der Waals surface area contributed by atoms with Crippen molar-refractivity contribution in [2.45, 2.75) is 32.5 Å². The number of carbonyl (C=O) groups is 2. The molecule has 0 unspecified atom stereocenters. The lowest BCUT2D eigenvalue weighted by atomic mass is 10.1. The van der Waals surface area contributed by atoms with E-state index < -0.39 is 6.04 Å². The molecule has 0 saturated heterocycles. The summed E-state index contributed by atoms with van der Waals surface area (Å²) in [5.41, 5.74) is 3.49. The lowest BCUT2D eigenvalue weighted by molar-refractivity contribution is -0.136. The molecule has 142 valence electrons. The number of aromatic amines is 1. The van der Waals surface area contributed by atoms with Gasteiger partial charge in [0.25, 0.3) is 0 Å². The molecule has 0 radical (unpaired) electrons. The Labute approximate surface area is 162 Å². The van der Waals surface area contributed by atoms with E-state index in [4.69, 9.17) is 0 Å². The Morgan fingerprint density at radius 2 is 2.04 bits per heavy atom. The predicted octanol–water partition coefficient (Wildman–Crippen LogP) is 1.46. The van der Waals surface area contributed by atoms with Crippen molar-refractivity contribution in [1.29, 1.82) is 0 Å². The second-order valence-electron chi connectivity index (χ2n) is 6.76. The summed E-state index contributed by atoms with van der Waals surface area (Å²) in [6.07, 6.45) is 5.34. The molecule has 4 rings (SSSR count). The van der Waals surface area contributed by atoms with E-state index in [1.807, 2.05) is 30.3 Å². The molecule has 0 aliphatic carbocycles. The topological polar surface area (TPSA) is 104 Å². The second kappa shape index (κ2) is 7.59. The Morgan fingerprint density at radius 1 is 1.21 bits per heavy atom. The second-order valence-corrected chi connectivity index (χ2v) is 6.76. The molecule has 28 heavy (non-hydrogen) atoms. The molecule has 0 fully saturated rings. The Bertz CT molecular complexity index is 987. The summed E-state index contributed by atoms with van der Waals surface area (Å²) in [5.74, 6) is 0.245. The quantitative estimate of drug-likeness (QED) is 0.702. The molecular formula is C20H20N6O2. The van der Waals surface area contributed by atoms with Crippen LogP contribution < -0.4 is 5.32 Å². The standard InChI is InChI=1S/C20H20N6O2/c1-13(27)24-17(7-16-9-21-12-23-16)20(28)26-10-15-8-22-19(25-18(15)11-26)14-5-3-2-4-6-14/h2-6,8-9,12,17H,7,10-11H2,1H3,(H,21,23)(H,24,27)/t17-/m0/s1. The number of rotatable bonds is 5. The zero-order valence-corrected chi connectivity index (χ0v) is 15.4. The highest BCUT2D eigenvalue weighted by Crippen LogP contribution is 2.24. The molecule has 1 atom stereocenters. The van der Waals surface area contributed by atoms with Crippen LogP contribution in [0.15, 0.2) is 49.1 Å². The number of nitrogens with zero attached hydrogens (tertiary/aromatic N) is 4. The summed E-state index contributed by atoms with van der Waals surface area (Å²) in [7, 11) is 0. The van der Waals surface area contributed by atoms with Gasteiger partial charge in [-0.15, -0.1) is 0 Å². The fourth-order valence-corrected chi connectivity index (χ4v) is 3.32. The summed E-state index contributed by atoms with van der Waals surface area (Å²) in [6, 6.07) is 9.07. The molecule has 0 saturated carbocycles. The van der Waals surface area contributed by atoms with Crippen LogP contribution in [0.5, 0.6) is 0 Å². The average Bonchev–Trinajstić information content (AvgIpc) is 3.36. The van der Waals surface area contributed by atoms with E-state index >= 15 is 0 Å². The molecule has 8 heteroatoms. The summed E-state index contributed by atoms with van der Waals surface area (Å²) >= 11 is 0. The van der Waals surface area contributed by atoms with Crippen LogP contribution in [0, 0.1) is 0 Å². The van der Waals surface area contributed by atoms with E-state index in [9.17, 15) is 9.59 Å². The van der Waals surface area contributed by atoms with Gasteiger partial charge in [-0.25, -0.2) is 15.0 Å². The zero-order chi connectivity index (χ0) is 19.5. The predicted molar refractivity (Wildman–Crippen MR) is 102 cm³/mol. The number of amides is 2. The minimum atomic E-state index is -0.659. The summed E-state index contributed by atoms with van der Waals surface area (Å²) in [4.78, 5) is 42.4. The van der Waals surface area contributed by atoms with Gasteiger partial charge in [0.15, 0.2) is 5.82 Å². The first kappa shape index (κ1) is 17.8. The van der Waals surface area contributed by atoms with Gasteiger partial charge in [0.05, 0.1) is 18.6 Å². The maximum atomic E-state index is 13.1. The molecule has 2 N–H and O–H groups in total. The van der Waals surface area contributed by atoms with Crippen molar-refractivity contribution < 1.29 is 9.59 Å². The van der Waals surface area contributed by atoms with Gasteiger partial charge in [0, 0.05) is 49.1 Å². The van der Waals surface area contributed by atoms with Gasteiger partial charge in [-0.3, -0.25) is 9.59 Å². The Hall–Kier alpha value is -3.55. The van der Waals surface area contributed by atoms with Crippen molar-refractivity contribution in [3.63, 3.8) is 0 Å². The van der Waals surface area contributed by atoms with Crippen molar-refractivity contribution in [3.05, 3.63) is 66.0 Å². The van der Waals surface area contributed by atoms with E-state index in [2.05, 4.69) is 25.3 Å². The highest BCUT2D eigenvalue weighted by molar-refractivity contribution is 5.87. The van der Waals surface area contributed by atoms with Gasteiger partial charge in [0.2, 0.25) is 11.8 Å². The van der Waals surface area contributed by atoms with Gasteiger partial charge in [0.1, 0.15) is 6.04 Å². The molecule has 8 nitrogen and oxygen atoms in total. The molecule has 1 aliphatic rings. The highest BCUT2D eigenvalue weighted by Gasteiger charge is 2.31. The molecule has 0 bridgehead atoms. The molecule has 3 aromatic rings. The van der Waals surface area contributed by atoms with Crippen LogP contribution >= 0.6 is 0 Å². The SMILES string of the molecule is CC(=O)N[C@@H](Cc1cnc[nH]1)C(=O)N1Cc2cnc(-c3ccccc3)nc2C1. The molecule has 1 aliphatic heterocycles. The molecular weight excluding hydrogens is 356 g/mol. The van der Waals surface area contributed by atoms with Crippen LogP contribution in [0.3, 0.4) is 0 Å². The number of hydrogen-bond donors (Lipinski definition) is 2. The molecule has 2 aromatic heterocycles. The normalized spacial score (nSPS) is 13.8. The number of fused-ring (bicyclic) bond motifs is 1. The fraction of sp³-hybridized carbons (Fsp3) is 0.250. The van der Waals surface area contributed by atoms with Gasteiger partial charge in [-0.1, -0.05) is 30.3 Å². The number of hydrogen-bond acceptors (Lipinski definition) is 5.